The zero-order chi connectivity index (χ0) is 17.5. The minimum absolute atomic E-state index is 0. The molecule has 2 aromatic rings. The Balaban J connectivity index is 0.00000312. The number of carbonyl (C=O) groups excluding carboxylic acids is 1. The van der Waals surface area contributed by atoms with Gasteiger partial charge in [0.25, 0.3) is 5.91 Å². The van der Waals surface area contributed by atoms with E-state index in [1.54, 1.807) is 10.7 Å². The molecular formula is C17H25Cl2N5O. The molecule has 1 aromatic heterocycles. The molecule has 8 heteroatoms. The first-order valence-electron chi connectivity index (χ1n) is 8.29. The van der Waals surface area contributed by atoms with Crippen molar-refractivity contribution < 1.29 is 4.79 Å². The van der Waals surface area contributed by atoms with Crippen molar-refractivity contribution in [3.8, 4) is 5.69 Å². The number of rotatable bonds is 8. The van der Waals surface area contributed by atoms with Crippen LogP contribution in [-0.2, 0) is 6.42 Å². The van der Waals surface area contributed by atoms with Crippen molar-refractivity contribution in [1.82, 2.24) is 25.4 Å². The van der Waals surface area contributed by atoms with Gasteiger partial charge in [-0.3, -0.25) is 4.79 Å². The summed E-state index contributed by atoms with van der Waals surface area (Å²) in [6, 6.07) is 7.60. The van der Waals surface area contributed by atoms with E-state index in [0.29, 0.717) is 11.6 Å². The van der Waals surface area contributed by atoms with E-state index >= 15 is 0 Å². The third-order valence-corrected chi connectivity index (χ3v) is 3.87. The van der Waals surface area contributed by atoms with E-state index in [0.717, 1.165) is 30.9 Å². The Labute approximate surface area is 159 Å². The van der Waals surface area contributed by atoms with E-state index in [2.05, 4.69) is 27.6 Å². The summed E-state index contributed by atoms with van der Waals surface area (Å²) in [7, 11) is 0. The number of hydrogen-bond acceptors (Lipinski definition) is 4. The second-order valence-electron chi connectivity index (χ2n) is 5.63. The predicted molar refractivity (Wildman–Crippen MR) is 103 cm³/mol. The first kappa shape index (κ1) is 21.4. The van der Waals surface area contributed by atoms with Crippen LogP contribution < -0.4 is 10.6 Å². The number of carbonyl (C=O) groups is 1. The molecule has 0 aliphatic carbocycles. The molecule has 2 N–H and O–H groups in total. The fraction of sp³-hybridized carbons (Fsp3) is 0.471. The van der Waals surface area contributed by atoms with Crippen molar-refractivity contribution in [2.45, 2.75) is 39.7 Å². The summed E-state index contributed by atoms with van der Waals surface area (Å²) in [4.78, 5) is 16.7. The Morgan fingerprint density at radius 2 is 2.04 bits per heavy atom. The highest BCUT2D eigenvalue weighted by Gasteiger charge is 2.18. The van der Waals surface area contributed by atoms with Gasteiger partial charge in [-0.15, -0.1) is 17.5 Å². The van der Waals surface area contributed by atoms with Crippen molar-refractivity contribution in [2.24, 2.45) is 0 Å². The third-order valence-electron chi connectivity index (χ3n) is 3.55. The lowest BCUT2D eigenvalue weighted by molar-refractivity contribution is 0.0940. The maximum Gasteiger partial charge on any atom is 0.291 e. The lowest BCUT2D eigenvalue weighted by atomic mass is 10.3. The number of nitrogens with zero attached hydrogens (tertiary/aromatic N) is 3. The van der Waals surface area contributed by atoms with Gasteiger partial charge in [-0.1, -0.05) is 37.6 Å². The second kappa shape index (κ2) is 10.4. The summed E-state index contributed by atoms with van der Waals surface area (Å²) in [5.41, 5.74) is 0.732. The van der Waals surface area contributed by atoms with Gasteiger partial charge in [0.1, 0.15) is 5.82 Å². The summed E-state index contributed by atoms with van der Waals surface area (Å²) in [6.07, 6.45) is 1.63. The van der Waals surface area contributed by atoms with Crippen molar-refractivity contribution in [3.05, 3.63) is 40.9 Å². The number of nitrogens with one attached hydrogen (secondary N) is 2. The minimum atomic E-state index is -0.275. The van der Waals surface area contributed by atoms with Gasteiger partial charge in [0, 0.05) is 19.0 Å². The normalized spacial score (nSPS) is 11.7. The molecule has 1 heterocycles. The van der Waals surface area contributed by atoms with Gasteiger partial charge in [-0.2, -0.15) is 0 Å². The zero-order valence-electron chi connectivity index (χ0n) is 14.8. The molecular weight excluding hydrogens is 361 g/mol. The molecule has 0 aliphatic heterocycles. The molecule has 0 saturated heterocycles. The van der Waals surface area contributed by atoms with Crippen molar-refractivity contribution in [2.75, 3.05) is 13.1 Å². The molecule has 0 fully saturated rings. The average molecular weight is 386 g/mol. The Morgan fingerprint density at radius 1 is 1.32 bits per heavy atom. The highest BCUT2D eigenvalue weighted by molar-refractivity contribution is 6.32. The SMILES string of the molecule is CCCc1nc(C(=O)NC[C@@H](C)NCC)nn1-c1ccccc1Cl.Cl. The van der Waals surface area contributed by atoms with Gasteiger partial charge in [0.2, 0.25) is 5.82 Å². The predicted octanol–water partition coefficient (Wildman–Crippen LogP) is 3.02. The van der Waals surface area contributed by atoms with Crippen LogP contribution in [0.5, 0.6) is 0 Å². The molecule has 0 saturated carbocycles. The van der Waals surface area contributed by atoms with Gasteiger partial charge in [-0.25, -0.2) is 9.67 Å². The molecule has 0 aliphatic rings. The van der Waals surface area contributed by atoms with Crippen LogP contribution in [0.4, 0.5) is 0 Å². The monoisotopic (exact) mass is 385 g/mol. The maximum absolute atomic E-state index is 12.3. The number of benzene rings is 1. The average Bonchev–Trinajstić information content (AvgIpc) is 2.97. The quantitative estimate of drug-likeness (QED) is 0.732. The van der Waals surface area contributed by atoms with Crippen LogP contribution in [0.3, 0.4) is 0 Å². The Kier molecular flexibility index (Phi) is 8.89. The number of hydrogen-bond donors (Lipinski definition) is 2. The highest BCUT2D eigenvalue weighted by Crippen LogP contribution is 2.21. The number of likely N-dealkylation sites (N-methyl/N-ethyl adjacent to an activating group) is 1. The maximum atomic E-state index is 12.3. The minimum Gasteiger partial charge on any atom is -0.348 e. The fourth-order valence-corrected chi connectivity index (χ4v) is 2.60. The number of amides is 1. The Hall–Kier alpha value is -1.63. The standard InChI is InChI=1S/C17H24ClN5O.ClH/c1-4-8-15-21-16(17(24)20-11-12(3)19-5-2)22-23(15)14-10-7-6-9-13(14)18;/h6-7,9-10,12,19H,4-5,8,11H2,1-3H3,(H,20,24);1H/t12-;/m1./s1. The molecule has 1 aromatic carbocycles. The van der Waals surface area contributed by atoms with Crippen molar-refractivity contribution in [3.63, 3.8) is 0 Å². The summed E-state index contributed by atoms with van der Waals surface area (Å²) in [5, 5.41) is 11.1. The summed E-state index contributed by atoms with van der Waals surface area (Å²) in [5.74, 6) is 0.625. The summed E-state index contributed by atoms with van der Waals surface area (Å²) < 4.78 is 1.66. The molecule has 6 nitrogen and oxygen atoms in total. The summed E-state index contributed by atoms with van der Waals surface area (Å²) in [6.45, 7) is 7.49. The highest BCUT2D eigenvalue weighted by atomic mass is 35.5. The van der Waals surface area contributed by atoms with Crippen LogP contribution in [0.25, 0.3) is 5.69 Å². The Morgan fingerprint density at radius 3 is 2.68 bits per heavy atom. The van der Waals surface area contributed by atoms with Crippen LogP contribution in [0, 0.1) is 0 Å². The van der Waals surface area contributed by atoms with Crippen LogP contribution in [0.1, 0.15) is 43.6 Å². The van der Waals surface area contributed by atoms with Crippen molar-refractivity contribution >= 4 is 29.9 Å². The smallest absolute Gasteiger partial charge is 0.291 e. The third kappa shape index (κ3) is 5.70. The van der Waals surface area contributed by atoms with E-state index in [-0.39, 0.29) is 30.2 Å². The number of aromatic nitrogens is 3. The molecule has 0 bridgehead atoms. The van der Waals surface area contributed by atoms with Crippen LogP contribution in [0.15, 0.2) is 24.3 Å². The van der Waals surface area contributed by atoms with Crippen molar-refractivity contribution in [1.29, 1.82) is 0 Å². The lowest BCUT2D eigenvalue weighted by Gasteiger charge is -2.11. The summed E-state index contributed by atoms with van der Waals surface area (Å²) >= 11 is 6.26. The topological polar surface area (TPSA) is 71.8 Å². The number of aryl methyl sites for hydroxylation is 1. The molecule has 0 spiro atoms. The second-order valence-corrected chi connectivity index (χ2v) is 6.04. The molecule has 0 unspecified atom stereocenters. The van der Waals surface area contributed by atoms with Crippen LogP contribution in [-0.4, -0.2) is 39.8 Å². The zero-order valence-corrected chi connectivity index (χ0v) is 16.3. The number of halogens is 2. The van der Waals surface area contributed by atoms with E-state index < -0.39 is 0 Å². The number of para-hydroxylation sites is 1. The largest absolute Gasteiger partial charge is 0.348 e. The van der Waals surface area contributed by atoms with E-state index in [1.807, 2.05) is 32.0 Å². The van der Waals surface area contributed by atoms with Gasteiger partial charge >= 0.3 is 0 Å². The van der Waals surface area contributed by atoms with E-state index in [9.17, 15) is 4.79 Å². The van der Waals surface area contributed by atoms with Crippen LogP contribution >= 0.6 is 24.0 Å². The lowest BCUT2D eigenvalue weighted by Crippen LogP contribution is -2.39. The van der Waals surface area contributed by atoms with Crippen LogP contribution in [0.2, 0.25) is 5.02 Å². The molecule has 25 heavy (non-hydrogen) atoms. The first-order valence-corrected chi connectivity index (χ1v) is 8.67. The van der Waals surface area contributed by atoms with Gasteiger partial charge in [0.05, 0.1) is 10.7 Å². The Bertz CT molecular complexity index is 689. The van der Waals surface area contributed by atoms with Gasteiger partial charge in [-0.05, 0) is 32.0 Å². The molecule has 2 rings (SSSR count). The fourth-order valence-electron chi connectivity index (χ4n) is 2.39. The van der Waals surface area contributed by atoms with E-state index in [1.165, 1.54) is 0 Å². The molecule has 138 valence electrons. The van der Waals surface area contributed by atoms with Gasteiger partial charge < -0.3 is 10.6 Å². The molecule has 1 amide bonds. The van der Waals surface area contributed by atoms with Gasteiger partial charge in [0.15, 0.2) is 0 Å². The first-order chi connectivity index (χ1) is 11.6. The van der Waals surface area contributed by atoms with E-state index in [4.69, 9.17) is 11.6 Å². The molecule has 0 radical (unpaired) electrons. The molecule has 1 atom stereocenters.